The number of carbonyl (C=O) groups excluding carboxylic acids is 2. The molecule has 0 aliphatic carbocycles. The van der Waals surface area contributed by atoms with Gasteiger partial charge in [-0.3, -0.25) is 29.9 Å². The number of nitrogens with one attached hydrogen (secondary N) is 1. The maximum atomic E-state index is 13.2. The molecule has 31 heavy (non-hydrogen) atoms. The number of hydrogen-bond donors (Lipinski definition) is 1. The zero-order valence-electron chi connectivity index (χ0n) is 16.0. The van der Waals surface area contributed by atoms with E-state index in [1.54, 1.807) is 6.07 Å². The molecule has 0 unspecified atom stereocenters. The molecule has 0 aromatic heterocycles. The molecule has 9 nitrogen and oxygen atoms in total. The van der Waals surface area contributed by atoms with Crippen molar-refractivity contribution in [2.24, 2.45) is 0 Å². The van der Waals surface area contributed by atoms with E-state index in [1.165, 1.54) is 32.4 Å². The molecule has 3 rings (SSSR count). The van der Waals surface area contributed by atoms with Gasteiger partial charge in [0.1, 0.15) is 11.3 Å². The van der Waals surface area contributed by atoms with Crippen LogP contribution < -0.4 is 19.7 Å². The van der Waals surface area contributed by atoms with Gasteiger partial charge in [0.05, 0.1) is 34.9 Å². The van der Waals surface area contributed by atoms with Crippen molar-refractivity contribution in [2.45, 2.75) is 0 Å². The molecule has 1 heterocycles. The number of nitro benzene ring substituents is 1. The minimum absolute atomic E-state index is 0.0445. The molecule has 160 valence electrons. The van der Waals surface area contributed by atoms with Gasteiger partial charge < -0.3 is 9.47 Å². The van der Waals surface area contributed by atoms with Gasteiger partial charge in [-0.05, 0) is 30.4 Å². The molecule has 0 bridgehead atoms. The topological polar surface area (TPSA) is 111 Å². The number of thiocarbonyl (C=S) groups is 1. The number of rotatable bonds is 5. The molecular weight excluding hydrogens is 469 g/mol. The van der Waals surface area contributed by atoms with Gasteiger partial charge in [0.2, 0.25) is 5.75 Å². The van der Waals surface area contributed by atoms with E-state index >= 15 is 0 Å². The van der Waals surface area contributed by atoms with Gasteiger partial charge in [-0.25, -0.2) is 0 Å². The Morgan fingerprint density at radius 2 is 1.84 bits per heavy atom. The minimum atomic E-state index is -0.793. The Hall–Kier alpha value is -3.21. The van der Waals surface area contributed by atoms with E-state index in [9.17, 15) is 19.7 Å². The first kappa shape index (κ1) is 22.5. The highest BCUT2D eigenvalue weighted by molar-refractivity contribution is 7.80. The van der Waals surface area contributed by atoms with Gasteiger partial charge in [0.15, 0.2) is 5.11 Å². The molecule has 1 fully saturated rings. The summed E-state index contributed by atoms with van der Waals surface area (Å²) >= 11 is 17.4. The molecule has 1 aliphatic rings. The predicted molar refractivity (Wildman–Crippen MR) is 119 cm³/mol. The van der Waals surface area contributed by atoms with Crippen molar-refractivity contribution >= 4 is 69.8 Å². The van der Waals surface area contributed by atoms with E-state index in [0.717, 1.165) is 17.0 Å². The number of amides is 2. The lowest BCUT2D eigenvalue weighted by atomic mass is 10.0. The molecule has 1 aliphatic heterocycles. The molecule has 2 amide bonds. The zero-order valence-corrected chi connectivity index (χ0v) is 18.3. The number of nitrogens with zero attached hydrogens (tertiary/aromatic N) is 2. The monoisotopic (exact) mass is 481 g/mol. The molecule has 0 spiro atoms. The smallest absolute Gasteiger partial charge is 0.311 e. The Labute approximate surface area is 191 Å². The lowest BCUT2D eigenvalue weighted by molar-refractivity contribution is -0.385. The van der Waals surface area contributed by atoms with Gasteiger partial charge in [-0.2, -0.15) is 0 Å². The normalized spacial score (nSPS) is 15.2. The third-order valence-electron chi connectivity index (χ3n) is 4.30. The quantitative estimate of drug-likeness (QED) is 0.227. The van der Waals surface area contributed by atoms with E-state index in [4.69, 9.17) is 44.9 Å². The SMILES string of the molecule is COc1cc(OC)c([N+](=O)[O-])cc1/C=C1\C(=O)NC(=S)N(c2cccc(Cl)c2Cl)C1=O. The van der Waals surface area contributed by atoms with Crippen LogP contribution in [-0.4, -0.2) is 36.1 Å². The fourth-order valence-corrected chi connectivity index (χ4v) is 3.51. The highest BCUT2D eigenvalue weighted by Gasteiger charge is 2.36. The number of halogens is 2. The second-order valence-corrected chi connectivity index (χ2v) is 7.23. The van der Waals surface area contributed by atoms with E-state index in [1.807, 2.05) is 0 Å². The average molecular weight is 482 g/mol. The fraction of sp³-hybridized carbons (Fsp3) is 0.105. The zero-order chi connectivity index (χ0) is 22.9. The summed E-state index contributed by atoms with van der Waals surface area (Å²) in [4.78, 5) is 37.4. The predicted octanol–water partition coefficient (Wildman–Crippen LogP) is 3.75. The van der Waals surface area contributed by atoms with Gasteiger partial charge in [0.25, 0.3) is 11.8 Å². The summed E-state index contributed by atoms with van der Waals surface area (Å²) in [6.45, 7) is 0. The number of benzene rings is 2. The van der Waals surface area contributed by atoms with Crippen molar-refractivity contribution in [3.05, 3.63) is 61.6 Å². The second kappa shape index (κ2) is 8.88. The molecule has 2 aromatic rings. The van der Waals surface area contributed by atoms with Crippen LogP contribution in [-0.2, 0) is 9.59 Å². The largest absolute Gasteiger partial charge is 0.496 e. The standard InChI is InChI=1S/C19H13Cl2N3O6S/c1-29-14-8-15(30-2)13(24(27)28)7-9(14)6-10-17(25)22-19(31)23(18(10)26)12-5-3-4-11(20)16(12)21/h3-8H,1-2H3,(H,22,25,31)/b10-6+. The summed E-state index contributed by atoms with van der Waals surface area (Å²) < 4.78 is 10.2. The van der Waals surface area contributed by atoms with Gasteiger partial charge >= 0.3 is 5.69 Å². The third kappa shape index (κ3) is 4.18. The van der Waals surface area contributed by atoms with E-state index in [0.29, 0.717) is 0 Å². The summed E-state index contributed by atoms with van der Waals surface area (Å²) in [5.74, 6) is -1.48. The Morgan fingerprint density at radius 3 is 2.45 bits per heavy atom. The molecule has 0 atom stereocenters. The van der Waals surface area contributed by atoms with Crippen molar-refractivity contribution < 1.29 is 24.0 Å². The summed E-state index contributed by atoms with van der Waals surface area (Å²) in [5.41, 5.74) is -0.437. The van der Waals surface area contributed by atoms with Crippen molar-refractivity contribution in [1.29, 1.82) is 0 Å². The molecule has 12 heteroatoms. The maximum Gasteiger partial charge on any atom is 0.311 e. The van der Waals surface area contributed by atoms with Gasteiger partial charge in [-0.1, -0.05) is 29.3 Å². The van der Waals surface area contributed by atoms with Crippen LogP contribution in [0.5, 0.6) is 11.5 Å². The van der Waals surface area contributed by atoms with Crippen molar-refractivity contribution in [3.8, 4) is 11.5 Å². The number of hydrogen-bond acceptors (Lipinski definition) is 7. The van der Waals surface area contributed by atoms with Crippen molar-refractivity contribution in [1.82, 2.24) is 5.32 Å². The summed E-state index contributed by atoms with van der Waals surface area (Å²) in [5, 5.41) is 13.8. The first-order valence-corrected chi connectivity index (χ1v) is 9.61. The Bertz CT molecular complexity index is 1170. The number of carbonyl (C=O) groups is 2. The van der Waals surface area contributed by atoms with Crippen LogP contribution >= 0.6 is 35.4 Å². The van der Waals surface area contributed by atoms with Gasteiger partial charge in [0, 0.05) is 17.7 Å². The van der Waals surface area contributed by atoms with Crippen LogP contribution in [0.25, 0.3) is 6.08 Å². The average Bonchev–Trinajstić information content (AvgIpc) is 2.73. The van der Waals surface area contributed by atoms with E-state index in [2.05, 4.69) is 5.32 Å². The van der Waals surface area contributed by atoms with Crippen LogP contribution in [0.15, 0.2) is 35.9 Å². The Morgan fingerprint density at radius 1 is 1.16 bits per heavy atom. The Kier molecular flexibility index (Phi) is 6.44. The number of methoxy groups -OCH3 is 2. The molecule has 1 N–H and O–H groups in total. The van der Waals surface area contributed by atoms with Crippen LogP contribution in [0, 0.1) is 10.1 Å². The highest BCUT2D eigenvalue weighted by Crippen LogP contribution is 2.37. The van der Waals surface area contributed by atoms with Crippen molar-refractivity contribution in [3.63, 3.8) is 0 Å². The lowest BCUT2D eigenvalue weighted by Crippen LogP contribution is -2.54. The molecular formula is C19H13Cl2N3O6S. The number of nitro groups is 1. The maximum absolute atomic E-state index is 13.2. The lowest BCUT2D eigenvalue weighted by Gasteiger charge is -2.29. The fourth-order valence-electron chi connectivity index (χ4n) is 2.86. The molecule has 1 saturated heterocycles. The third-order valence-corrected chi connectivity index (χ3v) is 5.40. The number of ether oxygens (including phenoxy) is 2. The van der Waals surface area contributed by atoms with Crippen LogP contribution in [0.3, 0.4) is 0 Å². The Balaban J connectivity index is 2.15. The van der Waals surface area contributed by atoms with Crippen LogP contribution in [0.2, 0.25) is 10.0 Å². The molecule has 2 aromatic carbocycles. The molecule has 0 saturated carbocycles. The summed E-state index contributed by atoms with van der Waals surface area (Å²) in [6.07, 6.45) is 1.16. The first-order valence-electron chi connectivity index (χ1n) is 8.45. The highest BCUT2D eigenvalue weighted by atomic mass is 35.5. The van der Waals surface area contributed by atoms with Crippen LogP contribution in [0.4, 0.5) is 11.4 Å². The second-order valence-electron chi connectivity index (χ2n) is 6.05. The van der Waals surface area contributed by atoms with Gasteiger partial charge in [-0.15, -0.1) is 0 Å². The minimum Gasteiger partial charge on any atom is -0.496 e. The number of anilines is 1. The summed E-state index contributed by atoms with van der Waals surface area (Å²) in [6, 6.07) is 7.02. The summed E-state index contributed by atoms with van der Waals surface area (Å²) in [7, 11) is 2.60. The van der Waals surface area contributed by atoms with Crippen LogP contribution in [0.1, 0.15) is 5.56 Å². The first-order chi connectivity index (χ1) is 14.7. The van der Waals surface area contributed by atoms with E-state index < -0.39 is 16.7 Å². The van der Waals surface area contributed by atoms with E-state index in [-0.39, 0.29) is 49.2 Å². The van der Waals surface area contributed by atoms with Crippen molar-refractivity contribution in [2.75, 3.05) is 19.1 Å². The molecule has 0 radical (unpaired) electrons.